The highest BCUT2D eigenvalue weighted by Crippen LogP contribution is 2.33. The first kappa shape index (κ1) is 16.6. The maximum Gasteiger partial charge on any atom is 0.293 e. The van der Waals surface area contributed by atoms with Crippen molar-refractivity contribution in [3.8, 4) is 5.75 Å². The Morgan fingerprint density at radius 3 is 2.73 bits per heavy atom. The van der Waals surface area contributed by atoms with Gasteiger partial charge in [0.25, 0.3) is 11.1 Å². The lowest BCUT2D eigenvalue weighted by molar-refractivity contribution is -0.122. The lowest BCUT2D eigenvalue weighted by atomic mass is 10.1. The van der Waals surface area contributed by atoms with E-state index in [9.17, 15) is 9.59 Å². The Morgan fingerprint density at radius 1 is 1.32 bits per heavy atom. The predicted molar refractivity (Wildman–Crippen MR) is 88.5 cm³/mol. The Hall–Kier alpha value is -1.79. The van der Waals surface area contributed by atoms with Crippen molar-refractivity contribution in [2.24, 2.45) is 11.7 Å². The molecule has 22 heavy (non-hydrogen) atoms. The van der Waals surface area contributed by atoms with E-state index in [-0.39, 0.29) is 24.2 Å². The number of nitrogens with zero attached hydrogens (tertiary/aromatic N) is 1. The van der Waals surface area contributed by atoms with Crippen LogP contribution in [0.4, 0.5) is 4.79 Å². The second kappa shape index (κ2) is 7.47. The summed E-state index contributed by atoms with van der Waals surface area (Å²) in [7, 11) is 0. The standard InChI is InChI=1S/C16H20N2O3S/c1-11(2)10-21-13-6-4-3-5-12(13)9-14-15(19)18(8-7-17)16(20)22-14/h3-6,9,11H,7-8,10,17H2,1-2H3. The van der Waals surface area contributed by atoms with Crippen LogP contribution in [0.1, 0.15) is 19.4 Å². The van der Waals surface area contributed by atoms with Crippen molar-refractivity contribution in [2.75, 3.05) is 19.7 Å². The minimum Gasteiger partial charge on any atom is -0.493 e. The van der Waals surface area contributed by atoms with E-state index in [1.165, 1.54) is 4.90 Å². The first-order valence-corrected chi connectivity index (χ1v) is 8.02. The van der Waals surface area contributed by atoms with Gasteiger partial charge in [0.1, 0.15) is 5.75 Å². The molecule has 1 aromatic carbocycles. The SMILES string of the molecule is CC(C)COc1ccccc1C=C1SC(=O)N(CCN)C1=O. The molecule has 2 rings (SSSR count). The summed E-state index contributed by atoms with van der Waals surface area (Å²) in [5, 5.41) is -0.276. The van der Waals surface area contributed by atoms with Gasteiger partial charge in [0.15, 0.2) is 0 Å². The van der Waals surface area contributed by atoms with Crippen LogP contribution in [0.5, 0.6) is 5.75 Å². The van der Waals surface area contributed by atoms with Crippen LogP contribution in [0, 0.1) is 5.92 Å². The van der Waals surface area contributed by atoms with Gasteiger partial charge in [0, 0.05) is 18.7 Å². The van der Waals surface area contributed by atoms with Crippen LogP contribution in [0.25, 0.3) is 6.08 Å². The largest absolute Gasteiger partial charge is 0.493 e. The third-order valence-electron chi connectivity index (χ3n) is 3.00. The second-order valence-corrected chi connectivity index (χ2v) is 6.36. The van der Waals surface area contributed by atoms with E-state index in [2.05, 4.69) is 13.8 Å². The summed E-state index contributed by atoms with van der Waals surface area (Å²) in [6, 6.07) is 7.48. The van der Waals surface area contributed by atoms with Crippen LogP contribution in [-0.4, -0.2) is 35.7 Å². The number of nitrogens with two attached hydrogens (primary N) is 1. The van der Waals surface area contributed by atoms with Gasteiger partial charge in [-0.2, -0.15) is 0 Å². The Bertz CT molecular complexity index is 599. The Balaban J connectivity index is 2.22. The molecule has 1 aliphatic heterocycles. The molecule has 0 radical (unpaired) electrons. The van der Waals surface area contributed by atoms with Crippen LogP contribution in [0.15, 0.2) is 29.2 Å². The van der Waals surface area contributed by atoms with Gasteiger partial charge in [-0.25, -0.2) is 0 Å². The minimum atomic E-state index is -0.292. The molecule has 0 aromatic heterocycles. The molecule has 1 aromatic rings. The van der Waals surface area contributed by atoms with Crippen molar-refractivity contribution in [2.45, 2.75) is 13.8 Å². The van der Waals surface area contributed by atoms with Crippen molar-refractivity contribution in [3.05, 3.63) is 34.7 Å². The number of carbonyl (C=O) groups excluding carboxylic acids is 2. The molecule has 0 spiro atoms. The lowest BCUT2D eigenvalue weighted by Gasteiger charge is -2.11. The zero-order valence-electron chi connectivity index (χ0n) is 12.7. The number of para-hydroxylation sites is 1. The molecule has 0 bridgehead atoms. The first-order valence-electron chi connectivity index (χ1n) is 7.20. The topological polar surface area (TPSA) is 72.6 Å². The van der Waals surface area contributed by atoms with Gasteiger partial charge in [-0.15, -0.1) is 0 Å². The molecule has 0 atom stereocenters. The van der Waals surface area contributed by atoms with Crippen LogP contribution < -0.4 is 10.5 Å². The van der Waals surface area contributed by atoms with E-state index in [1.54, 1.807) is 6.08 Å². The maximum absolute atomic E-state index is 12.2. The predicted octanol–water partition coefficient (Wildman–Crippen LogP) is 2.72. The summed E-state index contributed by atoms with van der Waals surface area (Å²) in [4.78, 5) is 25.6. The van der Waals surface area contributed by atoms with Gasteiger partial charge in [-0.05, 0) is 29.8 Å². The summed E-state index contributed by atoms with van der Waals surface area (Å²) in [5.41, 5.74) is 6.22. The third-order valence-corrected chi connectivity index (χ3v) is 3.91. The second-order valence-electron chi connectivity index (χ2n) is 5.36. The van der Waals surface area contributed by atoms with E-state index < -0.39 is 0 Å². The third kappa shape index (κ3) is 3.90. The van der Waals surface area contributed by atoms with E-state index in [0.29, 0.717) is 23.2 Å². The molecule has 6 heteroatoms. The van der Waals surface area contributed by atoms with E-state index in [4.69, 9.17) is 10.5 Å². The average molecular weight is 320 g/mol. The fraction of sp³-hybridized carbons (Fsp3) is 0.375. The molecule has 2 amide bonds. The number of amides is 2. The number of rotatable bonds is 6. The summed E-state index contributed by atoms with van der Waals surface area (Å²) in [6.45, 7) is 5.24. The molecule has 0 aliphatic carbocycles. The molecule has 1 fully saturated rings. The Kier molecular flexibility index (Phi) is 5.63. The van der Waals surface area contributed by atoms with Gasteiger partial charge in [-0.1, -0.05) is 32.0 Å². The number of benzene rings is 1. The first-order chi connectivity index (χ1) is 10.5. The van der Waals surface area contributed by atoms with Gasteiger partial charge in [0.05, 0.1) is 11.5 Å². The average Bonchev–Trinajstić information content (AvgIpc) is 2.74. The highest BCUT2D eigenvalue weighted by Gasteiger charge is 2.34. The molecule has 5 nitrogen and oxygen atoms in total. The molecule has 1 aliphatic rings. The highest BCUT2D eigenvalue weighted by molar-refractivity contribution is 8.18. The quantitative estimate of drug-likeness (QED) is 0.816. The Morgan fingerprint density at radius 2 is 2.05 bits per heavy atom. The zero-order valence-corrected chi connectivity index (χ0v) is 13.6. The summed E-state index contributed by atoms with van der Waals surface area (Å²) < 4.78 is 5.76. The van der Waals surface area contributed by atoms with Crippen molar-refractivity contribution in [1.29, 1.82) is 0 Å². The van der Waals surface area contributed by atoms with Crippen molar-refractivity contribution < 1.29 is 14.3 Å². The fourth-order valence-corrected chi connectivity index (χ4v) is 2.81. The number of thioether (sulfide) groups is 1. The number of imide groups is 1. The summed E-state index contributed by atoms with van der Waals surface area (Å²) in [5.74, 6) is 0.825. The fourth-order valence-electron chi connectivity index (χ4n) is 1.95. The number of carbonyl (C=O) groups is 2. The summed E-state index contributed by atoms with van der Waals surface area (Å²) >= 11 is 0.937. The monoisotopic (exact) mass is 320 g/mol. The molecule has 1 saturated heterocycles. The van der Waals surface area contributed by atoms with Crippen molar-refractivity contribution in [1.82, 2.24) is 4.90 Å². The van der Waals surface area contributed by atoms with E-state index in [1.807, 2.05) is 24.3 Å². The van der Waals surface area contributed by atoms with Gasteiger partial charge >= 0.3 is 0 Å². The normalized spacial score (nSPS) is 16.9. The molecular weight excluding hydrogens is 300 g/mol. The molecule has 118 valence electrons. The number of ether oxygens (including phenoxy) is 1. The number of hydrogen-bond donors (Lipinski definition) is 1. The van der Waals surface area contributed by atoms with E-state index >= 15 is 0 Å². The molecule has 2 N–H and O–H groups in total. The van der Waals surface area contributed by atoms with Crippen molar-refractivity contribution in [3.63, 3.8) is 0 Å². The molecule has 0 saturated carbocycles. The molecule has 1 heterocycles. The van der Waals surface area contributed by atoms with Gasteiger partial charge < -0.3 is 10.5 Å². The molecule has 0 unspecified atom stereocenters. The van der Waals surface area contributed by atoms with Gasteiger partial charge in [0.2, 0.25) is 0 Å². The zero-order chi connectivity index (χ0) is 16.1. The smallest absolute Gasteiger partial charge is 0.293 e. The highest BCUT2D eigenvalue weighted by atomic mass is 32.2. The lowest BCUT2D eigenvalue weighted by Crippen LogP contribution is -2.33. The van der Waals surface area contributed by atoms with Crippen LogP contribution >= 0.6 is 11.8 Å². The molecular formula is C16H20N2O3S. The van der Waals surface area contributed by atoms with Gasteiger partial charge in [-0.3, -0.25) is 14.5 Å². The summed E-state index contributed by atoms with van der Waals surface area (Å²) in [6.07, 6.45) is 1.71. The minimum absolute atomic E-state index is 0.244. The van der Waals surface area contributed by atoms with E-state index in [0.717, 1.165) is 17.3 Å². The van der Waals surface area contributed by atoms with Crippen LogP contribution in [0.3, 0.4) is 0 Å². The van der Waals surface area contributed by atoms with Crippen LogP contribution in [0.2, 0.25) is 0 Å². The Labute approximate surface area is 134 Å². The van der Waals surface area contributed by atoms with Crippen LogP contribution in [-0.2, 0) is 4.79 Å². The van der Waals surface area contributed by atoms with Crippen molar-refractivity contribution >= 4 is 29.0 Å². The number of hydrogen-bond acceptors (Lipinski definition) is 5. The maximum atomic E-state index is 12.2.